The first-order valence-electron chi connectivity index (χ1n) is 9.10. The third kappa shape index (κ3) is 4.79. The average molecular weight is 439 g/mol. The maximum Gasteiger partial charge on any atom is 0.416 e. The smallest absolute Gasteiger partial charge is 0.416 e. The Balaban J connectivity index is 1.92. The lowest BCUT2D eigenvalue weighted by molar-refractivity contribution is -0.150. The van der Waals surface area contributed by atoms with E-state index in [2.05, 4.69) is 0 Å². The van der Waals surface area contributed by atoms with E-state index in [0.717, 1.165) is 12.1 Å². The third-order valence-electron chi connectivity index (χ3n) is 4.24. The number of carbonyl (C=O) groups is 1. The molecular formula is C22H18ClF3O4. The van der Waals surface area contributed by atoms with Crippen molar-refractivity contribution in [3.8, 4) is 17.2 Å². The molecule has 0 aliphatic carbocycles. The lowest BCUT2D eigenvalue weighted by Crippen LogP contribution is -2.26. The number of esters is 1. The molecule has 0 fully saturated rings. The summed E-state index contributed by atoms with van der Waals surface area (Å²) in [6.45, 7) is 3.53. The van der Waals surface area contributed by atoms with Crippen molar-refractivity contribution in [2.45, 2.75) is 26.1 Å². The zero-order valence-electron chi connectivity index (χ0n) is 16.1. The van der Waals surface area contributed by atoms with Crippen LogP contribution in [-0.2, 0) is 15.7 Å². The Hall–Kier alpha value is -2.93. The van der Waals surface area contributed by atoms with Crippen LogP contribution in [0.2, 0.25) is 5.02 Å². The fourth-order valence-electron chi connectivity index (χ4n) is 2.82. The van der Waals surface area contributed by atoms with Crippen LogP contribution in [0.1, 0.15) is 19.4 Å². The Morgan fingerprint density at radius 2 is 1.63 bits per heavy atom. The fraction of sp³-hybridized carbons (Fsp3) is 0.227. The molecule has 30 heavy (non-hydrogen) atoms. The average Bonchev–Trinajstić information content (AvgIpc) is 2.69. The summed E-state index contributed by atoms with van der Waals surface area (Å²) in [6.07, 6.45) is -5.31. The molecule has 3 aromatic rings. The fourth-order valence-corrected chi connectivity index (χ4v) is 3.04. The number of ether oxygens (including phenoxy) is 3. The van der Waals surface area contributed by atoms with Crippen LogP contribution in [0.25, 0.3) is 10.8 Å². The van der Waals surface area contributed by atoms with Crippen molar-refractivity contribution < 1.29 is 32.2 Å². The number of hydrogen-bond donors (Lipinski definition) is 0. The molecular weight excluding hydrogens is 421 g/mol. The molecule has 4 nitrogen and oxygen atoms in total. The highest BCUT2D eigenvalue weighted by molar-refractivity contribution is 6.32. The summed E-state index contributed by atoms with van der Waals surface area (Å²) in [4.78, 5) is 11.9. The molecule has 0 aliphatic rings. The van der Waals surface area contributed by atoms with Crippen LogP contribution in [-0.4, -0.2) is 18.7 Å². The molecule has 0 spiro atoms. The minimum absolute atomic E-state index is 0.0865. The molecule has 0 unspecified atom stereocenters. The highest BCUT2D eigenvalue weighted by Crippen LogP contribution is 2.39. The monoisotopic (exact) mass is 438 g/mol. The number of fused-ring (bicyclic) bond motifs is 1. The summed E-state index contributed by atoms with van der Waals surface area (Å²) < 4.78 is 55.0. The van der Waals surface area contributed by atoms with E-state index in [0.29, 0.717) is 22.3 Å². The molecule has 0 bridgehead atoms. The standard InChI is InChI=1S/C22H18ClF3O4/c1-3-28-21(27)13(2)29-18-8-4-7-16-15(18)6-5-9-19(16)30-20-11-10-14(12-17(20)23)22(24,25)26/h4-13H,3H2,1-2H3/t13-/m1/s1. The van der Waals surface area contributed by atoms with Crippen molar-refractivity contribution in [3.05, 3.63) is 65.2 Å². The van der Waals surface area contributed by atoms with Crippen molar-refractivity contribution in [3.63, 3.8) is 0 Å². The van der Waals surface area contributed by atoms with E-state index in [1.54, 1.807) is 50.2 Å². The van der Waals surface area contributed by atoms with Gasteiger partial charge in [0, 0.05) is 10.8 Å². The minimum Gasteiger partial charge on any atom is -0.478 e. The summed E-state index contributed by atoms with van der Waals surface area (Å²) in [5.74, 6) is 0.419. The third-order valence-corrected chi connectivity index (χ3v) is 4.54. The van der Waals surface area contributed by atoms with Crippen LogP contribution in [0, 0.1) is 0 Å². The predicted molar refractivity (Wildman–Crippen MR) is 107 cm³/mol. The van der Waals surface area contributed by atoms with E-state index >= 15 is 0 Å². The Labute approximate surface area is 176 Å². The van der Waals surface area contributed by atoms with E-state index in [1.807, 2.05) is 0 Å². The van der Waals surface area contributed by atoms with Crippen LogP contribution in [0.3, 0.4) is 0 Å². The lowest BCUT2D eigenvalue weighted by atomic mass is 10.1. The van der Waals surface area contributed by atoms with Crippen LogP contribution < -0.4 is 9.47 Å². The van der Waals surface area contributed by atoms with Gasteiger partial charge < -0.3 is 14.2 Å². The summed E-state index contributed by atoms with van der Waals surface area (Å²) in [6, 6.07) is 13.2. The molecule has 0 aromatic heterocycles. The van der Waals surface area contributed by atoms with Gasteiger partial charge in [-0.15, -0.1) is 0 Å². The maximum absolute atomic E-state index is 12.8. The highest BCUT2D eigenvalue weighted by Gasteiger charge is 2.31. The van der Waals surface area contributed by atoms with Gasteiger partial charge in [0.25, 0.3) is 0 Å². The molecule has 0 N–H and O–H groups in total. The second-order valence-corrected chi connectivity index (χ2v) is 6.77. The molecule has 8 heteroatoms. The first kappa shape index (κ1) is 21.8. The summed E-state index contributed by atoms with van der Waals surface area (Å²) in [5.41, 5.74) is -0.860. The van der Waals surface area contributed by atoms with E-state index in [1.165, 1.54) is 6.07 Å². The minimum atomic E-state index is -4.50. The van der Waals surface area contributed by atoms with Gasteiger partial charge in [0.15, 0.2) is 6.10 Å². The molecule has 0 aliphatic heterocycles. The van der Waals surface area contributed by atoms with Crippen molar-refractivity contribution in [1.82, 2.24) is 0 Å². The second kappa shape index (κ2) is 8.83. The Morgan fingerprint density at radius 3 is 2.23 bits per heavy atom. The molecule has 158 valence electrons. The zero-order valence-corrected chi connectivity index (χ0v) is 16.9. The van der Waals surface area contributed by atoms with E-state index in [4.69, 9.17) is 25.8 Å². The summed E-state index contributed by atoms with van der Waals surface area (Å²) in [5, 5.41) is 1.14. The van der Waals surface area contributed by atoms with Crippen molar-refractivity contribution in [2.24, 2.45) is 0 Å². The molecule has 0 heterocycles. The van der Waals surface area contributed by atoms with Gasteiger partial charge >= 0.3 is 12.1 Å². The largest absolute Gasteiger partial charge is 0.478 e. The number of carbonyl (C=O) groups excluding carboxylic acids is 1. The Kier molecular flexibility index (Phi) is 6.41. The number of rotatable bonds is 6. The van der Waals surface area contributed by atoms with Crippen LogP contribution in [0.4, 0.5) is 13.2 Å². The van der Waals surface area contributed by atoms with Gasteiger partial charge in [-0.3, -0.25) is 0 Å². The molecule has 0 radical (unpaired) electrons. The quantitative estimate of drug-likeness (QED) is 0.405. The van der Waals surface area contributed by atoms with Gasteiger partial charge in [0.1, 0.15) is 17.2 Å². The van der Waals surface area contributed by atoms with Gasteiger partial charge in [-0.25, -0.2) is 4.79 Å². The van der Waals surface area contributed by atoms with Gasteiger partial charge in [-0.1, -0.05) is 35.9 Å². The lowest BCUT2D eigenvalue weighted by Gasteiger charge is -2.16. The van der Waals surface area contributed by atoms with Crippen LogP contribution >= 0.6 is 11.6 Å². The summed E-state index contributed by atoms with van der Waals surface area (Å²) in [7, 11) is 0. The van der Waals surface area contributed by atoms with Crippen molar-refractivity contribution >= 4 is 28.3 Å². The Bertz CT molecular complexity index is 1070. The van der Waals surface area contributed by atoms with Crippen LogP contribution in [0.15, 0.2) is 54.6 Å². The second-order valence-electron chi connectivity index (χ2n) is 6.36. The number of benzene rings is 3. The molecule has 0 saturated carbocycles. The first-order valence-corrected chi connectivity index (χ1v) is 9.48. The molecule has 0 amide bonds. The van der Waals surface area contributed by atoms with Crippen molar-refractivity contribution in [2.75, 3.05) is 6.61 Å². The van der Waals surface area contributed by atoms with Crippen LogP contribution in [0.5, 0.6) is 17.2 Å². The Morgan fingerprint density at radius 1 is 1.00 bits per heavy atom. The first-order chi connectivity index (χ1) is 14.2. The predicted octanol–water partition coefficient (Wildman–Crippen LogP) is 6.63. The van der Waals surface area contributed by atoms with E-state index in [-0.39, 0.29) is 17.4 Å². The highest BCUT2D eigenvalue weighted by atomic mass is 35.5. The number of halogens is 4. The molecule has 0 saturated heterocycles. The van der Waals surface area contributed by atoms with E-state index < -0.39 is 23.8 Å². The number of alkyl halides is 3. The van der Waals surface area contributed by atoms with Gasteiger partial charge in [0.05, 0.1) is 17.2 Å². The van der Waals surface area contributed by atoms with E-state index in [9.17, 15) is 18.0 Å². The molecule has 3 rings (SSSR count). The van der Waals surface area contributed by atoms with Gasteiger partial charge in [-0.2, -0.15) is 13.2 Å². The molecule has 1 atom stereocenters. The zero-order chi connectivity index (χ0) is 21.9. The number of hydrogen-bond acceptors (Lipinski definition) is 4. The maximum atomic E-state index is 12.8. The SMILES string of the molecule is CCOC(=O)[C@@H](C)Oc1cccc2c(Oc3ccc(C(F)(F)F)cc3Cl)cccc12. The normalized spacial score (nSPS) is 12.5. The van der Waals surface area contributed by atoms with Crippen molar-refractivity contribution in [1.29, 1.82) is 0 Å². The van der Waals surface area contributed by atoms with Gasteiger partial charge in [0.2, 0.25) is 0 Å². The van der Waals surface area contributed by atoms with Gasteiger partial charge in [-0.05, 0) is 44.2 Å². The topological polar surface area (TPSA) is 44.8 Å². The summed E-state index contributed by atoms with van der Waals surface area (Å²) >= 11 is 6.00. The molecule has 3 aromatic carbocycles.